The summed E-state index contributed by atoms with van der Waals surface area (Å²) in [4.78, 5) is 7.03. The van der Waals surface area contributed by atoms with E-state index in [2.05, 4.69) is 14.7 Å². The Kier molecular flexibility index (Phi) is 3.70. The molecule has 0 spiro atoms. The van der Waals surface area contributed by atoms with Gasteiger partial charge in [-0.3, -0.25) is 4.72 Å². The van der Waals surface area contributed by atoms with E-state index >= 15 is 0 Å². The molecule has 2 aromatic rings. The molecule has 0 unspecified atom stereocenters. The first-order valence-corrected chi connectivity index (χ1v) is 6.84. The van der Waals surface area contributed by atoms with E-state index in [4.69, 9.17) is 10.5 Å². The van der Waals surface area contributed by atoms with Crippen molar-refractivity contribution in [3.63, 3.8) is 0 Å². The molecule has 2 rings (SSSR count). The second-order valence-electron chi connectivity index (χ2n) is 3.73. The van der Waals surface area contributed by atoms with E-state index in [1.54, 1.807) is 0 Å². The van der Waals surface area contributed by atoms with E-state index in [1.807, 2.05) is 0 Å². The average molecular weight is 298 g/mol. The molecular formula is C11H11FN4O3S. The van der Waals surface area contributed by atoms with E-state index in [1.165, 1.54) is 13.2 Å². The number of benzene rings is 1. The van der Waals surface area contributed by atoms with E-state index < -0.39 is 15.8 Å². The minimum atomic E-state index is -3.91. The molecular weight excluding hydrogens is 287 g/mol. The van der Waals surface area contributed by atoms with Crippen molar-refractivity contribution in [1.29, 1.82) is 0 Å². The largest absolute Gasteiger partial charge is 0.494 e. The first-order valence-electron chi connectivity index (χ1n) is 5.36. The van der Waals surface area contributed by atoms with Crippen molar-refractivity contribution in [1.82, 2.24) is 9.97 Å². The lowest BCUT2D eigenvalue weighted by molar-refractivity contribution is 0.413. The molecule has 0 bridgehead atoms. The molecule has 9 heteroatoms. The zero-order chi connectivity index (χ0) is 14.8. The van der Waals surface area contributed by atoms with Gasteiger partial charge in [-0.05, 0) is 12.1 Å². The van der Waals surface area contributed by atoms with Gasteiger partial charge in [0.25, 0.3) is 10.0 Å². The van der Waals surface area contributed by atoms with Crippen molar-refractivity contribution in [3.8, 4) is 5.75 Å². The zero-order valence-corrected chi connectivity index (χ0v) is 11.2. The first kappa shape index (κ1) is 14.0. The highest BCUT2D eigenvalue weighted by Crippen LogP contribution is 2.27. The number of aromatic nitrogens is 2. The Bertz CT molecular complexity index is 719. The van der Waals surface area contributed by atoms with Crippen LogP contribution < -0.4 is 15.2 Å². The zero-order valence-electron chi connectivity index (χ0n) is 10.4. The van der Waals surface area contributed by atoms with Crippen LogP contribution in [0.15, 0.2) is 35.5 Å². The van der Waals surface area contributed by atoms with Crippen molar-refractivity contribution in [3.05, 3.63) is 36.4 Å². The number of rotatable bonds is 4. The number of nitrogen functional groups attached to an aromatic ring is 1. The molecule has 106 valence electrons. The Morgan fingerprint density at radius 2 is 1.95 bits per heavy atom. The van der Waals surface area contributed by atoms with Crippen molar-refractivity contribution < 1.29 is 17.5 Å². The van der Waals surface area contributed by atoms with E-state index in [0.717, 1.165) is 24.5 Å². The van der Waals surface area contributed by atoms with Gasteiger partial charge >= 0.3 is 0 Å². The van der Waals surface area contributed by atoms with Crippen LogP contribution in [0.5, 0.6) is 5.75 Å². The molecule has 0 atom stereocenters. The minimum Gasteiger partial charge on any atom is -0.494 e. The number of nitrogens with one attached hydrogen (secondary N) is 1. The number of nitrogens with two attached hydrogens (primary N) is 1. The van der Waals surface area contributed by atoms with E-state index in [9.17, 15) is 12.8 Å². The quantitative estimate of drug-likeness (QED) is 0.872. The van der Waals surface area contributed by atoms with Crippen LogP contribution in [-0.4, -0.2) is 25.5 Å². The highest BCUT2D eigenvalue weighted by Gasteiger charge is 2.17. The van der Waals surface area contributed by atoms with Gasteiger partial charge in [0.2, 0.25) is 5.95 Å². The fourth-order valence-corrected chi connectivity index (χ4v) is 2.38. The van der Waals surface area contributed by atoms with Crippen LogP contribution in [0.3, 0.4) is 0 Å². The number of nitrogens with zero attached hydrogens (tertiary/aromatic N) is 2. The molecule has 0 saturated heterocycles. The topological polar surface area (TPSA) is 107 Å². The van der Waals surface area contributed by atoms with E-state index in [-0.39, 0.29) is 22.3 Å². The minimum absolute atomic E-state index is 0.0386. The van der Waals surface area contributed by atoms with E-state index in [0.29, 0.717) is 0 Å². The second kappa shape index (κ2) is 5.29. The van der Waals surface area contributed by atoms with Crippen LogP contribution >= 0.6 is 0 Å². The Morgan fingerprint density at radius 3 is 2.55 bits per heavy atom. The third-order valence-corrected chi connectivity index (χ3v) is 3.69. The van der Waals surface area contributed by atoms with Crippen LogP contribution in [0.25, 0.3) is 0 Å². The van der Waals surface area contributed by atoms with Crippen LogP contribution in [0.4, 0.5) is 16.0 Å². The van der Waals surface area contributed by atoms with Gasteiger partial charge in [-0.2, -0.15) is 0 Å². The Hall–Kier alpha value is -2.42. The number of ether oxygens (including phenoxy) is 1. The molecule has 20 heavy (non-hydrogen) atoms. The molecule has 0 saturated carbocycles. The van der Waals surface area contributed by atoms with Gasteiger partial charge in [0, 0.05) is 6.07 Å². The van der Waals surface area contributed by atoms with Gasteiger partial charge in [-0.1, -0.05) is 0 Å². The maximum atomic E-state index is 13.0. The summed E-state index contributed by atoms with van der Waals surface area (Å²) in [5.74, 6) is -0.520. The van der Waals surface area contributed by atoms with Crippen LogP contribution in [0.1, 0.15) is 0 Å². The maximum Gasteiger partial charge on any atom is 0.265 e. The molecule has 0 fully saturated rings. The third kappa shape index (κ3) is 2.94. The smallest absolute Gasteiger partial charge is 0.265 e. The number of methoxy groups -OCH3 is 1. The first-order chi connectivity index (χ1) is 9.42. The highest BCUT2D eigenvalue weighted by molar-refractivity contribution is 7.92. The Morgan fingerprint density at radius 1 is 1.30 bits per heavy atom. The fraction of sp³-hybridized carbons (Fsp3) is 0.0909. The summed E-state index contributed by atoms with van der Waals surface area (Å²) in [6.07, 6.45) is 2.14. The summed E-state index contributed by atoms with van der Waals surface area (Å²) in [5, 5.41) is 0. The van der Waals surface area contributed by atoms with Gasteiger partial charge in [0.05, 0.1) is 25.2 Å². The van der Waals surface area contributed by atoms with Crippen LogP contribution in [0.2, 0.25) is 0 Å². The lowest BCUT2D eigenvalue weighted by atomic mass is 10.3. The lowest BCUT2D eigenvalue weighted by Crippen LogP contribution is -2.14. The molecule has 0 radical (unpaired) electrons. The second-order valence-corrected chi connectivity index (χ2v) is 5.41. The molecule has 3 N–H and O–H groups in total. The normalized spacial score (nSPS) is 11.1. The van der Waals surface area contributed by atoms with Gasteiger partial charge in [0.15, 0.2) is 0 Å². The van der Waals surface area contributed by atoms with Crippen LogP contribution in [0, 0.1) is 5.82 Å². The summed E-state index contributed by atoms with van der Waals surface area (Å²) in [7, 11) is -2.60. The summed E-state index contributed by atoms with van der Waals surface area (Å²) >= 11 is 0. The number of hydrogen-bond donors (Lipinski definition) is 2. The van der Waals surface area contributed by atoms with Gasteiger partial charge in [-0.15, -0.1) is 0 Å². The number of anilines is 2. The van der Waals surface area contributed by atoms with Gasteiger partial charge in [-0.25, -0.2) is 22.8 Å². The Balaban J connectivity index is 2.35. The summed E-state index contributed by atoms with van der Waals surface area (Å²) in [6, 6.07) is 3.43. The maximum absolute atomic E-state index is 13.0. The van der Waals surface area contributed by atoms with Gasteiger partial charge < -0.3 is 10.5 Å². The van der Waals surface area contributed by atoms with Crippen molar-refractivity contribution >= 4 is 21.7 Å². The summed E-state index contributed by atoms with van der Waals surface area (Å²) < 4.78 is 44.4. The van der Waals surface area contributed by atoms with Crippen molar-refractivity contribution in [2.24, 2.45) is 0 Å². The number of halogens is 1. The van der Waals surface area contributed by atoms with Crippen LogP contribution in [-0.2, 0) is 10.0 Å². The molecule has 0 aliphatic heterocycles. The monoisotopic (exact) mass is 298 g/mol. The number of hydrogen-bond acceptors (Lipinski definition) is 6. The average Bonchev–Trinajstić information content (AvgIpc) is 2.41. The van der Waals surface area contributed by atoms with Gasteiger partial charge in [0.1, 0.15) is 16.5 Å². The summed E-state index contributed by atoms with van der Waals surface area (Å²) in [6.45, 7) is 0. The lowest BCUT2D eigenvalue weighted by Gasteiger charge is -2.11. The molecule has 1 aromatic carbocycles. The molecule has 1 heterocycles. The molecule has 1 aromatic heterocycles. The predicted molar refractivity (Wildman–Crippen MR) is 70.2 cm³/mol. The fourth-order valence-electron chi connectivity index (χ4n) is 1.42. The standard InChI is InChI=1S/C11H11FN4O3S/c1-19-10-4-7(12)2-3-9(10)16-20(17,18)8-5-14-11(13)15-6-8/h2-6,16H,1H3,(H2,13,14,15). The molecule has 0 aliphatic rings. The number of sulfonamides is 1. The molecule has 0 amide bonds. The predicted octanol–water partition coefficient (Wildman–Crippen LogP) is 1.01. The van der Waals surface area contributed by atoms with Crippen molar-refractivity contribution in [2.45, 2.75) is 4.90 Å². The third-order valence-electron chi connectivity index (χ3n) is 2.37. The Labute approximate surface area is 114 Å². The SMILES string of the molecule is COc1cc(F)ccc1NS(=O)(=O)c1cnc(N)nc1. The molecule has 7 nitrogen and oxygen atoms in total. The molecule has 0 aliphatic carbocycles. The highest BCUT2D eigenvalue weighted by atomic mass is 32.2. The summed E-state index contributed by atoms with van der Waals surface area (Å²) in [5.41, 5.74) is 5.39. The van der Waals surface area contributed by atoms with Crippen molar-refractivity contribution in [2.75, 3.05) is 17.6 Å².